The Morgan fingerprint density at radius 2 is 1.89 bits per heavy atom. The van der Waals surface area contributed by atoms with E-state index in [2.05, 4.69) is 22.5 Å². The van der Waals surface area contributed by atoms with Crippen molar-refractivity contribution in [3.05, 3.63) is 88.9 Å². The molecule has 0 aliphatic heterocycles. The van der Waals surface area contributed by atoms with E-state index in [-0.39, 0.29) is 6.42 Å². The highest BCUT2D eigenvalue weighted by atomic mass is 16.5. The van der Waals surface area contributed by atoms with Gasteiger partial charge in [-0.05, 0) is 80.0 Å². The summed E-state index contributed by atoms with van der Waals surface area (Å²) in [5.74, 6) is -0.794. The number of carbonyl (C=O) groups excluding carboxylic acids is 1. The molecule has 1 atom stereocenters. The quantitative estimate of drug-likeness (QED) is 0.307. The van der Waals surface area contributed by atoms with E-state index >= 15 is 0 Å². The molecule has 8 nitrogen and oxygen atoms in total. The first-order valence-corrected chi connectivity index (χ1v) is 13.1. The number of nitrogens with one attached hydrogen (secondary N) is 1. The van der Waals surface area contributed by atoms with Gasteiger partial charge in [-0.15, -0.1) is 0 Å². The molecule has 0 bridgehead atoms. The Morgan fingerprint density at radius 1 is 1.08 bits per heavy atom. The Kier molecular flexibility index (Phi) is 7.67. The van der Waals surface area contributed by atoms with Crippen LogP contribution in [0.4, 0.5) is 0 Å². The predicted molar refractivity (Wildman–Crippen MR) is 144 cm³/mol. The zero-order chi connectivity index (χ0) is 26.5. The minimum Gasteiger partial charge on any atom is -0.494 e. The van der Waals surface area contributed by atoms with Gasteiger partial charge in [-0.25, -0.2) is 4.79 Å². The summed E-state index contributed by atoms with van der Waals surface area (Å²) >= 11 is 0. The van der Waals surface area contributed by atoms with Crippen molar-refractivity contribution < 1.29 is 19.4 Å². The van der Waals surface area contributed by atoms with Crippen molar-refractivity contribution in [1.82, 2.24) is 20.1 Å². The van der Waals surface area contributed by atoms with Crippen LogP contribution < -0.4 is 10.1 Å². The second-order valence-electron chi connectivity index (χ2n) is 9.82. The number of carbonyl (C=O) groups is 2. The van der Waals surface area contributed by atoms with Crippen molar-refractivity contribution >= 4 is 22.8 Å². The van der Waals surface area contributed by atoms with Crippen LogP contribution in [0.15, 0.2) is 60.8 Å². The van der Waals surface area contributed by atoms with E-state index in [0.29, 0.717) is 12.2 Å². The van der Waals surface area contributed by atoms with E-state index in [1.54, 1.807) is 36.1 Å². The second-order valence-corrected chi connectivity index (χ2v) is 9.82. The van der Waals surface area contributed by atoms with Crippen LogP contribution in [0.2, 0.25) is 0 Å². The standard InChI is InChI=1S/C30H32N4O4/c1-34-28-18-22(10-11-23(28)19-31-34)29(35)33-27(30(36)37)17-20-8-14-25(15-9-20)38-16-4-6-24-13-12-21-5-2-3-7-26(21)32-24/h8-15,18-19,27H,2-7,16-17H2,1H3,(H,33,35)(H,36,37). The second kappa shape index (κ2) is 11.5. The molecule has 0 saturated heterocycles. The highest BCUT2D eigenvalue weighted by Gasteiger charge is 2.21. The fraction of sp³-hybridized carbons (Fsp3) is 0.333. The summed E-state index contributed by atoms with van der Waals surface area (Å²) in [6.07, 6.45) is 8.34. The van der Waals surface area contributed by atoms with Gasteiger partial charge in [-0.1, -0.05) is 24.3 Å². The van der Waals surface area contributed by atoms with E-state index in [4.69, 9.17) is 9.72 Å². The Balaban J connectivity index is 1.12. The number of fused-ring (bicyclic) bond motifs is 2. The SMILES string of the molecule is Cn1ncc2ccc(C(=O)NC(Cc3ccc(OCCCc4ccc5c(n4)CCCC5)cc3)C(=O)O)cc21. The molecular formula is C30H32N4O4. The van der Waals surface area contributed by atoms with Gasteiger partial charge >= 0.3 is 5.97 Å². The fourth-order valence-corrected chi connectivity index (χ4v) is 4.89. The predicted octanol–water partition coefficient (Wildman–Crippen LogP) is 4.28. The number of amides is 1. The Morgan fingerprint density at radius 3 is 2.71 bits per heavy atom. The summed E-state index contributed by atoms with van der Waals surface area (Å²) < 4.78 is 7.56. The highest BCUT2D eigenvalue weighted by Crippen LogP contribution is 2.20. The van der Waals surface area contributed by atoms with Crippen LogP contribution in [0, 0.1) is 0 Å². The summed E-state index contributed by atoms with van der Waals surface area (Å²) in [6, 6.07) is 15.8. The third-order valence-electron chi connectivity index (χ3n) is 7.06. The van der Waals surface area contributed by atoms with E-state index in [1.165, 1.54) is 24.1 Å². The number of ether oxygens (including phenoxy) is 1. The van der Waals surface area contributed by atoms with Crippen molar-refractivity contribution in [1.29, 1.82) is 0 Å². The topological polar surface area (TPSA) is 106 Å². The van der Waals surface area contributed by atoms with Gasteiger partial charge in [-0.3, -0.25) is 14.5 Å². The third-order valence-corrected chi connectivity index (χ3v) is 7.06. The van der Waals surface area contributed by atoms with Crippen molar-refractivity contribution in [2.75, 3.05) is 6.61 Å². The molecule has 1 amide bonds. The number of aromatic nitrogens is 3. The molecule has 38 heavy (non-hydrogen) atoms. The van der Waals surface area contributed by atoms with E-state index in [9.17, 15) is 14.7 Å². The number of carboxylic acid groups (broad SMARTS) is 1. The molecule has 1 aliphatic carbocycles. The lowest BCUT2D eigenvalue weighted by Crippen LogP contribution is -2.42. The number of hydrogen-bond donors (Lipinski definition) is 2. The van der Waals surface area contributed by atoms with Crippen LogP contribution >= 0.6 is 0 Å². The minimum atomic E-state index is -1.09. The average Bonchev–Trinajstić information content (AvgIpc) is 3.31. The number of benzene rings is 2. The number of aliphatic carboxylic acids is 1. The molecule has 1 aliphatic rings. The van der Waals surface area contributed by atoms with Gasteiger partial charge in [0.25, 0.3) is 5.91 Å². The lowest BCUT2D eigenvalue weighted by molar-refractivity contribution is -0.139. The Labute approximate surface area is 221 Å². The number of pyridine rings is 1. The lowest BCUT2D eigenvalue weighted by Gasteiger charge is -2.16. The molecule has 5 rings (SSSR count). The maximum absolute atomic E-state index is 12.8. The zero-order valence-electron chi connectivity index (χ0n) is 21.5. The van der Waals surface area contributed by atoms with Gasteiger partial charge in [0.1, 0.15) is 11.8 Å². The molecule has 0 spiro atoms. The number of hydrogen-bond acceptors (Lipinski definition) is 5. The van der Waals surface area contributed by atoms with E-state index in [1.807, 2.05) is 24.3 Å². The van der Waals surface area contributed by atoms with Gasteiger partial charge in [0.2, 0.25) is 0 Å². The van der Waals surface area contributed by atoms with E-state index < -0.39 is 17.9 Å². The first-order chi connectivity index (χ1) is 18.5. The van der Waals surface area contributed by atoms with E-state index in [0.717, 1.165) is 53.6 Å². The van der Waals surface area contributed by atoms with Crippen LogP contribution in [-0.2, 0) is 37.5 Å². The highest BCUT2D eigenvalue weighted by molar-refractivity contribution is 5.99. The van der Waals surface area contributed by atoms with Gasteiger partial charge in [0.15, 0.2) is 0 Å². The molecule has 2 heterocycles. The summed E-state index contributed by atoms with van der Waals surface area (Å²) in [7, 11) is 1.80. The number of nitrogens with zero attached hydrogens (tertiary/aromatic N) is 3. The summed E-state index contributed by atoms with van der Waals surface area (Å²) in [5.41, 5.74) is 5.76. The fourth-order valence-electron chi connectivity index (χ4n) is 4.89. The normalized spacial score (nSPS) is 13.6. The van der Waals surface area contributed by atoms with Crippen LogP contribution in [0.3, 0.4) is 0 Å². The smallest absolute Gasteiger partial charge is 0.326 e. The molecule has 2 N–H and O–H groups in total. The first kappa shape index (κ1) is 25.4. The van der Waals surface area contributed by atoms with Crippen molar-refractivity contribution in [2.45, 2.75) is 51.0 Å². The molecule has 0 fully saturated rings. The van der Waals surface area contributed by atoms with Crippen LogP contribution in [0.1, 0.15) is 52.1 Å². The molecule has 2 aromatic heterocycles. The zero-order valence-corrected chi connectivity index (χ0v) is 21.5. The lowest BCUT2D eigenvalue weighted by atomic mass is 9.95. The Hall–Kier alpha value is -4.20. The van der Waals surface area contributed by atoms with Gasteiger partial charge in [0.05, 0.1) is 18.3 Å². The Bertz CT molecular complexity index is 1440. The number of rotatable bonds is 10. The van der Waals surface area contributed by atoms with Crippen molar-refractivity contribution in [3.8, 4) is 5.75 Å². The first-order valence-electron chi connectivity index (χ1n) is 13.1. The molecular weight excluding hydrogens is 480 g/mol. The average molecular weight is 513 g/mol. The van der Waals surface area contributed by atoms with Crippen LogP contribution in [0.25, 0.3) is 10.9 Å². The summed E-state index contributed by atoms with van der Waals surface area (Å²) in [4.78, 5) is 29.5. The van der Waals surface area contributed by atoms with Crippen molar-refractivity contribution in [2.24, 2.45) is 7.05 Å². The maximum atomic E-state index is 12.8. The number of carboxylic acids is 1. The number of aryl methyl sites for hydroxylation is 4. The van der Waals surface area contributed by atoms with Gasteiger partial charge < -0.3 is 15.2 Å². The monoisotopic (exact) mass is 512 g/mol. The third kappa shape index (κ3) is 6.02. The molecule has 0 radical (unpaired) electrons. The van der Waals surface area contributed by atoms with Gasteiger partial charge in [0, 0.05) is 35.8 Å². The molecule has 1 unspecified atom stereocenters. The van der Waals surface area contributed by atoms with Gasteiger partial charge in [-0.2, -0.15) is 5.10 Å². The van der Waals surface area contributed by atoms with Crippen LogP contribution in [-0.4, -0.2) is 44.4 Å². The molecule has 8 heteroatoms. The molecule has 196 valence electrons. The maximum Gasteiger partial charge on any atom is 0.326 e. The molecule has 4 aromatic rings. The van der Waals surface area contributed by atoms with Crippen molar-refractivity contribution in [3.63, 3.8) is 0 Å². The molecule has 0 saturated carbocycles. The van der Waals surface area contributed by atoms with Crippen LogP contribution in [0.5, 0.6) is 5.75 Å². The summed E-state index contributed by atoms with van der Waals surface area (Å²) in [6.45, 7) is 0.576. The summed E-state index contributed by atoms with van der Waals surface area (Å²) in [5, 5.41) is 17.4. The largest absolute Gasteiger partial charge is 0.494 e. The minimum absolute atomic E-state index is 0.166. The molecule has 2 aromatic carbocycles.